The Bertz CT molecular complexity index is 1260. The minimum absolute atomic E-state index is 0.0631. The van der Waals surface area contributed by atoms with E-state index in [1.54, 1.807) is 4.90 Å². The number of hydrogen-bond donors (Lipinski definition) is 1. The number of imidazole rings is 1. The van der Waals surface area contributed by atoms with Crippen LogP contribution in [0.5, 0.6) is 0 Å². The van der Waals surface area contributed by atoms with E-state index >= 15 is 0 Å². The van der Waals surface area contributed by atoms with Crippen LogP contribution in [0.3, 0.4) is 0 Å². The van der Waals surface area contributed by atoms with Crippen LogP contribution in [0, 0.1) is 0 Å². The van der Waals surface area contributed by atoms with Crippen LogP contribution in [0.2, 0.25) is 0 Å². The molecule has 6 nitrogen and oxygen atoms in total. The maximum absolute atomic E-state index is 13.8. The number of fused-ring (bicyclic) bond motifs is 2. The number of alkyl halides is 3. The number of halogens is 3. The Morgan fingerprint density at radius 3 is 2.57 bits per heavy atom. The first kappa shape index (κ1) is 23.7. The van der Waals surface area contributed by atoms with Crippen LogP contribution in [-0.4, -0.2) is 32.7 Å². The molecule has 1 aliphatic carbocycles. The highest BCUT2D eigenvalue weighted by atomic mass is 19.4. The summed E-state index contributed by atoms with van der Waals surface area (Å²) in [5, 5.41) is 0. The van der Waals surface area contributed by atoms with Crippen LogP contribution >= 0.6 is 0 Å². The summed E-state index contributed by atoms with van der Waals surface area (Å²) in [5.41, 5.74) is 9.52. The molecule has 0 bridgehead atoms. The predicted molar refractivity (Wildman–Crippen MR) is 129 cm³/mol. The number of aromatic nitrogens is 2. The molecule has 1 aliphatic heterocycles. The van der Waals surface area contributed by atoms with E-state index in [4.69, 9.17) is 10.7 Å². The van der Waals surface area contributed by atoms with Crippen molar-refractivity contribution in [3.63, 3.8) is 0 Å². The number of hydrogen-bond acceptors (Lipinski definition) is 3. The van der Waals surface area contributed by atoms with Gasteiger partial charge in [-0.15, -0.1) is 0 Å². The topological polar surface area (TPSA) is 67.4 Å². The molecule has 0 saturated heterocycles. The third kappa shape index (κ3) is 4.37. The standard InChI is InChI=1S/C26H30F3N5O/c1-25(2)19-6-3-4-7-21(19)33(24(35)34(25)18-9-10-18)16-23-31-20-14-17(15-30)8-11-22(20)32(23)13-5-12-26(27,28)29/h3-4,6-8,11,14,18H,5,9-10,12-13,15-16,30H2,1-2H3. The van der Waals surface area contributed by atoms with Crippen LogP contribution in [0.25, 0.3) is 11.0 Å². The molecule has 0 spiro atoms. The summed E-state index contributed by atoms with van der Waals surface area (Å²) >= 11 is 0. The third-order valence-corrected chi connectivity index (χ3v) is 7.07. The fourth-order valence-corrected chi connectivity index (χ4v) is 5.23. The summed E-state index contributed by atoms with van der Waals surface area (Å²) in [4.78, 5) is 22.3. The van der Waals surface area contributed by atoms with Crippen molar-refractivity contribution in [2.24, 2.45) is 5.73 Å². The quantitative estimate of drug-likeness (QED) is 0.468. The van der Waals surface area contributed by atoms with Crippen molar-refractivity contribution < 1.29 is 18.0 Å². The van der Waals surface area contributed by atoms with Crippen molar-refractivity contribution >= 4 is 22.8 Å². The van der Waals surface area contributed by atoms with Crippen molar-refractivity contribution in [3.05, 3.63) is 59.4 Å². The van der Waals surface area contributed by atoms with Gasteiger partial charge in [0.2, 0.25) is 0 Å². The molecule has 0 radical (unpaired) electrons. The Morgan fingerprint density at radius 1 is 1.14 bits per heavy atom. The second kappa shape index (κ2) is 8.55. The summed E-state index contributed by atoms with van der Waals surface area (Å²) in [5.74, 6) is 0.565. The van der Waals surface area contributed by atoms with Gasteiger partial charge >= 0.3 is 12.2 Å². The van der Waals surface area contributed by atoms with Gasteiger partial charge in [-0.3, -0.25) is 4.90 Å². The minimum Gasteiger partial charge on any atom is -0.326 e. The molecule has 35 heavy (non-hydrogen) atoms. The molecule has 2 heterocycles. The number of anilines is 1. The molecular formula is C26H30F3N5O. The Labute approximate surface area is 202 Å². The van der Waals surface area contributed by atoms with Crippen LogP contribution in [0.15, 0.2) is 42.5 Å². The van der Waals surface area contributed by atoms with Crippen molar-refractivity contribution in [2.75, 3.05) is 4.90 Å². The summed E-state index contributed by atoms with van der Waals surface area (Å²) in [6, 6.07) is 13.6. The smallest absolute Gasteiger partial charge is 0.326 e. The van der Waals surface area contributed by atoms with Gasteiger partial charge in [0.1, 0.15) is 5.82 Å². The highest BCUT2D eigenvalue weighted by Crippen LogP contribution is 2.46. The molecule has 186 valence electrons. The van der Waals surface area contributed by atoms with Gasteiger partial charge in [-0.2, -0.15) is 13.2 Å². The molecule has 2 aromatic carbocycles. The minimum atomic E-state index is -4.22. The number of amides is 2. The molecule has 0 unspecified atom stereocenters. The number of nitrogens with two attached hydrogens (primary N) is 1. The van der Waals surface area contributed by atoms with Crippen molar-refractivity contribution in [2.45, 2.75) is 76.9 Å². The largest absolute Gasteiger partial charge is 0.389 e. The number of urea groups is 1. The fraction of sp³-hybridized carbons (Fsp3) is 0.462. The van der Waals surface area contributed by atoms with E-state index < -0.39 is 18.1 Å². The Hall–Kier alpha value is -3.07. The Balaban J connectivity index is 1.55. The molecule has 5 rings (SSSR count). The van der Waals surface area contributed by atoms with Gasteiger partial charge in [-0.25, -0.2) is 9.78 Å². The predicted octanol–water partition coefficient (Wildman–Crippen LogP) is 5.68. The van der Waals surface area contributed by atoms with Gasteiger partial charge in [0.25, 0.3) is 0 Å². The van der Waals surface area contributed by atoms with Gasteiger partial charge < -0.3 is 15.2 Å². The zero-order valence-corrected chi connectivity index (χ0v) is 20.0. The highest BCUT2D eigenvalue weighted by Gasteiger charge is 2.49. The zero-order chi connectivity index (χ0) is 25.0. The monoisotopic (exact) mass is 485 g/mol. The first-order chi connectivity index (χ1) is 16.6. The van der Waals surface area contributed by atoms with E-state index in [1.807, 2.05) is 51.9 Å². The first-order valence-corrected chi connectivity index (χ1v) is 12.1. The second-order valence-corrected chi connectivity index (χ2v) is 9.97. The zero-order valence-electron chi connectivity index (χ0n) is 20.0. The van der Waals surface area contributed by atoms with E-state index in [0.717, 1.165) is 35.2 Å². The molecular weight excluding hydrogens is 455 g/mol. The molecule has 9 heteroatoms. The average Bonchev–Trinajstić information content (AvgIpc) is 3.57. The number of rotatable bonds is 7. The van der Waals surface area contributed by atoms with Crippen LogP contribution in [-0.2, 0) is 25.2 Å². The van der Waals surface area contributed by atoms with E-state index in [9.17, 15) is 18.0 Å². The molecule has 1 saturated carbocycles. The summed E-state index contributed by atoms with van der Waals surface area (Å²) in [7, 11) is 0. The summed E-state index contributed by atoms with van der Waals surface area (Å²) in [6.45, 7) is 4.82. The van der Waals surface area contributed by atoms with E-state index in [1.165, 1.54) is 0 Å². The van der Waals surface area contributed by atoms with E-state index in [0.29, 0.717) is 17.9 Å². The van der Waals surface area contributed by atoms with E-state index in [-0.39, 0.29) is 31.6 Å². The second-order valence-electron chi connectivity index (χ2n) is 9.97. The SMILES string of the molecule is CC1(C)c2ccccc2N(Cc2nc3cc(CN)ccc3n2CCCC(F)(F)F)C(=O)N1C1CC1. The van der Waals surface area contributed by atoms with E-state index in [2.05, 4.69) is 13.8 Å². The highest BCUT2D eigenvalue weighted by molar-refractivity contribution is 5.96. The molecule has 2 amide bonds. The van der Waals surface area contributed by atoms with Crippen molar-refractivity contribution in [1.29, 1.82) is 0 Å². The normalized spacial score (nSPS) is 17.8. The molecule has 2 aliphatic rings. The average molecular weight is 486 g/mol. The number of carbonyl (C=O) groups excluding carboxylic acids is 1. The number of aryl methyl sites for hydroxylation is 1. The maximum atomic E-state index is 13.8. The molecule has 1 aromatic heterocycles. The molecule has 1 fully saturated rings. The first-order valence-electron chi connectivity index (χ1n) is 12.1. The lowest BCUT2D eigenvalue weighted by Gasteiger charge is -2.48. The summed E-state index contributed by atoms with van der Waals surface area (Å²) in [6.07, 6.45) is -3.21. The number of nitrogens with zero attached hydrogens (tertiary/aromatic N) is 4. The maximum Gasteiger partial charge on any atom is 0.389 e. The van der Waals surface area contributed by atoms with Gasteiger partial charge in [-0.1, -0.05) is 24.3 Å². The Kier molecular flexibility index (Phi) is 5.78. The Morgan fingerprint density at radius 2 is 1.89 bits per heavy atom. The van der Waals surface area contributed by atoms with Crippen molar-refractivity contribution in [3.8, 4) is 0 Å². The molecule has 0 atom stereocenters. The number of carbonyl (C=O) groups is 1. The van der Waals surface area contributed by atoms with Crippen molar-refractivity contribution in [1.82, 2.24) is 14.5 Å². The summed E-state index contributed by atoms with van der Waals surface area (Å²) < 4.78 is 40.5. The van der Waals surface area contributed by atoms with Gasteiger partial charge in [0.15, 0.2) is 0 Å². The van der Waals surface area contributed by atoms with Crippen LogP contribution in [0.4, 0.5) is 23.7 Å². The van der Waals surface area contributed by atoms with Gasteiger partial charge in [0.05, 0.1) is 28.8 Å². The lowest BCUT2D eigenvalue weighted by Crippen LogP contribution is -2.57. The molecule has 3 aromatic rings. The number of para-hydroxylation sites is 1. The van der Waals surface area contributed by atoms with Gasteiger partial charge in [0, 0.05) is 31.1 Å². The van der Waals surface area contributed by atoms with Crippen LogP contribution < -0.4 is 10.6 Å². The molecule has 2 N–H and O–H groups in total. The lowest BCUT2D eigenvalue weighted by atomic mass is 9.88. The van der Waals surface area contributed by atoms with Crippen LogP contribution in [0.1, 0.15) is 56.5 Å². The van der Waals surface area contributed by atoms with Gasteiger partial charge in [-0.05, 0) is 56.9 Å². The lowest BCUT2D eigenvalue weighted by molar-refractivity contribution is -0.135. The third-order valence-electron chi connectivity index (χ3n) is 7.07. The number of benzene rings is 2. The fourth-order valence-electron chi connectivity index (χ4n) is 5.23.